The molecule has 1 heterocycles. The number of phenols is 1. The summed E-state index contributed by atoms with van der Waals surface area (Å²) in [6.45, 7) is 0. The van der Waals surface area contributed by atoms with Crippen LogP contribution < -0.4 is 0 Å². The molecule has 0 saturated heterocycles. The smallest absolute Gasteiger partial charge is 0.167 e. The molecule has 1 aromatic carbocycles. The average molecular weight is 193 g/mol. The monoisotopic (exact) mass is 193 g/mol. The first-order valence-corrected chi connectivity index (χ1v) is 4.01. The summed E-state index contributed by atoms with van der Waals surface area (Å²) in [5.74, 6) is 0.00491. The second kappa shape index (κ2) is 3.10. The number of aromatic nitrogens is 3. The van der Waals surface area contributed by atoms with Crippen molar-refractivity contribution in [2.45, 2.75) is 0 Å². The molecule has 1 N–H and O–H groups in total. The second-order valence-corrected chi connectivity index (χ2v) is 2.93. The Morgan fingerprint density at radius 3 is 2.86 bits per heavy atom. The van der Waals surface area contributed by atoms with Crippen LogP contribution in [0.2, 0.25) is 0 Å². The molecule has 2 aromatic rings. The molecule has 5 heteroatoms. The van der Waals surface area contributed by atoms with E-state index in [1.54, 1.807) is 11.6 Å². The van der Waals surface area contributed by atoms with E-state index < -0.39 is 5.82 Å². The van der Waals surface area contributed by atoms with Gasteiger partial charge in [-0.15, -0.1) is 10.2 Å². The average Bonchev–Trinajstić information content (AvgIpc) is 2.56. The van der Waals surface area contributed by atoms with Crippen LogP contribution in [0, 0.1) is 5.82 Å². The molecule has 1 aromatic heterocycles. The van der Waals surface area contributed by atoms with Crippen LogP contribution in [-0.2, 0) is 7.05 Å². The van der Waals surface area contributed by atoms with Crippen LogP contribution in [0.5, 0.6) is 5.75 Å². The number of phenolic OH excluding ortho intramolecular Hbond substituents is 1. The third-order valence-electron chi connectivity index (χ3n) is 1.91. The lowest BCUT2D eigenvalue weighted by Gasteiger charge is -2.02. The molecule has 2 rings (SSSR count). The predicted molar refractivity (Wildman–Crippen MR) is 48.1 cm³/mol. The van der Waals surface area contributed by atoms with E-state index in [0.717, 1.165) is 0 Å². The van der Waals surface area contributed by atoms with E-state index in [9.17, 15) is 9.50 Å². The van der Waals surface area contributed by atoms with E-state index in [-0.39, 0.29) is 5.75 Å². The minimum absolute atomic E-state index is 0.0116. The standard InChI is InChI=1S/C9H8FN3O/c1-13-5-11-12-9(13)7-4-6(10)2-3-8(7)14/h2-5,14H,1H3. The van der Waals surface area contributed by atoms with Crippen LogP contribution in [0.3, 0.4) is 0 Å². The van der Waals surface area contributed by atoms with Gasteiger partial charge in [0.15, 0.2) is 5.82 Å². The first-order valence-electron chi connectivity index (χ1n) is 4.01. The van der Waals surface area contributed by atoms with E-state index in [4.69, 9.17) is 0 Å². The molecule has 0 atom stereocenters. The lowest BCUT2D eigenvalue weighted by Crippen LogP contribution is -1.92. The summed E-state index contributed by atoms with van der Waals surface area (Å²) in [5.41, 5.74) is 0.338. The van der Waals surface area contributed by atoms with Gasteiger partial charge in [0.25, 0.3) is 0 Å². The highest BCUT2D eigenvalue weighted by Gasteiger charge is 2.10. The molecule has 0 bridgehead atoms. The van der Waals surface area contributed by atoms with Crippen LogP contribution in [0.4, 0.5) is 4.39 Å². The van der Waals surface area contributed by atoms with Gasteiger partial charge in [-0.25, -0.2) is 4.39 Å². The van der Waals surface area contributed by atoms with Gasteiger partial charge in [0.1, 0.15) is 17.9 Å². The van der Waals surface area contributed by atoms with Gasteiger partial charge in [-0.1, -0.05) is 0 Å². The molecule has 0 fully saturated rings. The Hall–Kier alpha value is -1.91. The largest absolute Gasteiger partial charge is 0.507 e. The Labute approximate surface area is 79.6 Å². The zero-order valence-electron chi connectivity index (χ0n) is 7.48. The Morgan fingerprint density at radius 2 is 2.21 bits per heavy atom. The van der Waals surface area contributed by atoms with Crippen molar-refractivity contribution in [3.05, 3.63) is 30.3 Å². The van der Waals surface area contributed by atoms with Crippen molar-refractivity contribution >= 4 is 0 Å². The number of rotatable bonds is 1. The lowest BCUT2D eigenvalue weighted by molar-refractivity contribution is 0.474. The fourth-order valence-electron chi connectivity index (χ4n) is 1.21. The van der Waals surface area contributed by atoms with Crippen LogP contribution in [0.1, 0.15) is 0 Å². The van der Waals surface area contributed by atoms with Gasteiger partial charge < -0.3 is 9.67 Å². The van der Waals surface area contributed by atoms with E-state index in [0.29, 0.717) is 11.4 Å². The van der Waals surface area contributed by atoms with Crippen LogP contribution in [0.15, 0.2) is 24.5 Å². The van der Waals surface area contributed by atoms with Crippen LogP contribution in [-0.4, -0.2) is 19.9 Å². The molecule has 0 unspecified atom stereocenters. The normalized spacial score (nSPS) is 10.4. The molecule has 72 valence electrons. The Bertz CT molecular complexity index is 467. The van der Waals surface area contributed by atoms with Crippen molar-refractivity contribution < 1.29 is 9.50 Å². The number of aryl methyl sites for hydroxylation is 1. The minimum atomic E-state index is -0.416. The molecular formula is C9H8FN3O. The molecule has 0 aliphatic heterocycles. The highest BCUT2D eigenvalue weighted by Crippen LogP contribution is 2.27. The maximum Gasteiger partial charge on any atom is 0.167 e. The number of hydrogen-bond acceptors (Lipinski definition) is 3. The molecule has 4 nitrogen and oxygen atoms in total. The van der Waals surface area contributed by atoms with Gasteiger partial charge >= 0.3 is 0 Å². The lowest BCUT2D eigenvalue weighted by atomic mass is 10.2. The van der Waals surface area contributed by atoms with E-state index in [2.05, 4.69) is 10.2 Å². The van der Waals surface area contributed by atoms with Gasteiger partial charge in [-0.3, -0.25) is 0 Å². The number of halogens is 1. The Kier molecular flexibility index (Phi) is 1.92. The number of nitrogens with zero attached hydrogens (tertiary/aromatic N) is 3. The summed E-state index contributed by atoms with van der Waals surface area (Å²) in [4.78, 5) is 0. The van der Waals surface area contributed by atoms with Gasteiger partial charge in [0.2, 0.25) is 0 Å². The van der Waals surface area contributed by atoms with Crippen molar-refractivity contribution in [2.75, 3.05) is 0 Å². The van der Waals surface area contributed by atoms with Gasteiger partial charge in [-0.2, -0.15) is 0 Å². The fourth-order valence-corrected chi connectivity index (χ4v) is 1.21. The van der Waals surface area contributed by atoms with Gasteiger partial charge in [0.05, 0.1) is 5.56 Å². The van der Waals surface area contributed by atoms with E-state index in [1.165, 1.54) is 24.5 Å². The van der Waals surface area contributed by atoms with Crippen molar-refractivity contribution in [1.82, 2.24) is 14.8 Å². The summed E-state index contributed by atoms with van der Waals surface area (Å²) < 4.78 is 14.5. The highest BCUT2D eigenvalue weighted by atomic mass is 19.1. The van der Waals surface area contributed by atoms with Crippen molar-refractivity contribution in [1.29, 1.82) is 0 Å². The maximum atomic E-state index is 12.9. The number of benzene rings is 1. The summed E-state index contributed by atoms with van der Waals surface area (Å²) in [6.07, 6.45) is 1.49. The third-order valence-corrected chi connectivity index (χ3v) is 1.91. The zero-order valence-corrected chi connectivity index (χ0v) is 7.48. The number of aromatic hydroxyl groups is 1. The van der Waals surface area contributed by atoms with Crippen LogP contribution in [0.25, 0.3) is 11.4 Å². The molecule has 0 aliphatic carbocycles. The SMILES string of the molecule is Cn1cnnc1-c1cc(F)ccc1O. The van der Waals surface area contributed by atoms with Crippen molar-refractivity contribution in [3.63, 3.8) is 0 Å². The molecule has 0 aliphatic rings. The summed E-state index contributed by atoms with van der Waals surface area (Å²) in [5, 5.41) is 16.9. The summed E-state index contributed by atoms with van der Waals surface area (Å²) in [6, 6.07) is 3.70. The first-order chi connectivity index (χ1) is 6.68. The van der Waals surface area contributed by atoms with Crippen LogP contribution >= 0.6 is 0 Å². The highest BCUT2D eigenvalue weighted by molar-refractivity contribution is 5.63. The fraction of sp³-hybridized carbons (Fsp3) is 0.111. The molecule has 0 spiro atoms. The van der Waals surface area contributed by atoms with Gasteiger partial charge in [-0.05, 0) is 18.2 Å². The maximum absolute atomic E-state index is 12.9. The molecule has 0 radical (unpaired) electrons. The zero-order chi connectivity index (χ0) is 10.1. The Balaban J connectivity index is 2.62. The quantitative estimate of drug-likeness (QED) is 0.743. The van der Waals surface area contributed by atoms with Crippen molar-refractivity contribution in [2.24, 2.45) is 7.05 Å². The number of hydrogen-bond donors (Lipinski definition) is 1. The topological polar surface area (TPSA) is 50.9 Å². The first kappa shape index (κ1) is 8.68. The van der Waals surface area contributed by atoms with E-state index >= 15 is 0 Å². The third kappa shape index (κ3) is 1.32. The summed E-state index contributed by atoms with van der Waals surface area (Å²) in [7, 11) is 1.72. The van der Waals surface area contributed by atoms with Crippen molar-refractivity contribution in [3.8, 4) is 17.1 Å². The second-order valence-electron chi connectivity index (χ2n) is 2.93. The van der Waals surface area contributed by atoms with Gasteiger partial charge in [0, 0.05) is 7.05 Å². The summed E-state index contributed by atoms with van der Waals surface area (Å²) >= 11 is 0. The minimum Gasteiger partial charge on any atom is -0.507 e. The molecule has 14 heavy (non-hydrogen) atoms. The Morgan fingerprint density at radius 1 is 1.43 bits per heavy atom. The molecule has 0 amide bonds. The predicted octanol–water partition coefficient (Wildman–Crippen LogP) is 1.33. The molecule has 0 saturated carbocycles. The van der Waals surface area contributed by atoms with E-state index in [1.807, 2.05) is 0 Å². The molecular weight excluding hydrogens is 185 g/mol.